The summed E-state index contributed by atoms with van der Waals surface area (Å²) in [4.78, 5) is 12.7. The number of benzene rings is 2. The number of carbonyl (C=O) groups excluding carboxylic acids is 1. The number of anilines is 1. The van der Waals surface area contributed by atoms with Crippen LogP contribution < -0.4 is 10.1 Å². The predicted molar refractivity (Wildman–Crippen MR) is 102 cm³/mol. The molecule has 3 rings (SSSR count). The van der Waals surface area contributed by atoms with Crippen molar-refractivity contribution < 1.29 is 22.7 Å². The molecule has 2 aromatic rings. The quantitative estimate of drug-likeness (QED) is 0.847. The van der Waals surface area contributed by atoms with E-state index >= 15 is 0 Å². The van der Waals surface area contributed by atoms with E-state index in [2.05, 4.69) is 5.32 Å². The first-order valence-electron chi connectivity index (χ1n) is 8.56. The Kier molecular flexibility index (Phi) is 5.79. The van der Waals surface area contributed by atoms with Gasteiger partial charge in [-0.15, -0.1) is 0 Å². The number of hydrogen-bond acceptors (Lipinski definition) is 5. The topological polar surface area (TPSA) is 84.9 Å². The summed E-state index contributed by atoms with van der Waals surface area (Å²) >= 11 is 0. The molecule has 1 N–H and O–H groups in total. The molecule has 1 aliphatic heterocycles. The number of morpholine rings is 1. The van der Waals surface area contributed by atoms with Gasteiger partial charge in [-0.2, -0.15) is 4.31 Å². The monoisotopic (exact) mass is 390 g/mol. The molecule has 1 saturated heterocycles. The Hall–Kier alpha value is -2.42. The van der Waals surface area contributed by atoms with Crippen molar-refractivity contribution in [3.05, 3.63) is 53.6 Å². The molecular weight excluding hydrogens is 368 g/mol. The van der Waals surface area contributed by atoms with E-state index in [0.717, 1.165) is 5.56 Å². The van der Waals surface area contributed by atoms with Gasteiger partial charge in [-0.1, -0.05) is 12.1 Å². The zero-order valence-corrected chi connectivity index (χ0v) is 16.1. The standard InChI is InChI=1S/C19H22N2O5S/c1-14-6-7-18(25-2)17(12-14)20-19(22)15-4-3-5-16(13-15)27(23,24)21-8-10-26-11-9-21/h3-7,12-13H,8-11H2,1-2H3,(H,20,22). The van der Waals surface area contributed by atoms with Gasteiger partial charge in [0.25, 0.3) is 5.91 Å². The SMILES string of the molecule is COc1ccc(C)cc1NC(=O)c1cccc(S(=O)(=O)N2CCOCC2)c1. The lowest BCUT2D eigenvalue weighted by molar-refractivity contribution is 0.0730. The van der Waals surface area contributed by atoms with E-state index in [1.165, 1.54) is 23.5 Å². The molecule has 2 aromatic carbocycles. The van der Waals surface area contributed by atoms with Gasteiger partial charge in [0.05, 0.1) is 30.9 Å². The molecule has 7 nitrogen and oxygen atoms in total. The summed E-state index contributed by atoms with van der Waals surface area (Å²) in [5, 5.41) is 2.78. The Morgan fingerprint density at radius 1 is 1.15 bits per heavy atom. The van der Waals surface area contributed by atoms with Crippen molar-refractivity contribution in [1.82, 2.24) is 4.31 Å². The van der Waals surface area contributed by atoms with Crippen LogP contribution in [0.15, 0.2) is 47.4 Å². The normalized spacial score (nSPS) is 15.3. The molecular formula is C19H22N2O5S. The van der Waals surface area contributed by atoms with Crippen molar-refractivity contribution in [1.29, 1.82) is 0 Å². The highest BCUT2D eigenvalue weighted by atomic mass is 32.2. The maximum absolute atomic E-state index is 12.8. The van der Waals surface area contributed by atoms with Crippen LogP contribution in [0.25, 0.3) is 0 Å². The molecule has 1 fully saturated rings. The van der Waals surface area contributed by atoms with Crippen molar-refractivity contribution in [2.75, 3.05) is 38.7 Å². The van der Waals surface area contributed by atoms with E-state index in [-0.39, 0.29) is 10.5 Å². The molecule has 0 bridgehead atoms. The van der Waals surface area contributed by atoms with Crippen LogP contribution in [-0.2, 0) is 14.8 Å². The van der Waals surface area contributed by atoms with Crippen LogP contribution in [0, 0.1) is 6.92 Å². The van der Waals surface area contributed by atoms with Gasteiger partial charge in [-0.25, -0.2) is 8.42 Å². The molecule has 0 saturated carbocycles. The van der Waals surface area contributed by atoms with E-state index in [4.69, 9.17) is 9.47 Å². The molecule has 8 heteroatoms. The van der Waals surface area contributed by atoms with Gasteiger partial charge in [0, 0.05) is 18.7 Å². The van der Waals surface area contributed by atoms with Crippen molar-refractivity contribution >= 4 is 21.6 Å². The Labute approximate surface area is 158 Å². The van der Waals surface area contributed by atoms with E-state index in [0.29, 0.717) is 37.7 Å². The summed E-state index contributed by atoms with van der Waals surface area (Å²) in [5.41, 5.74) is 1.76. The van der Waals surface area contributed by atoms with Crippen molar-refractivity contribution in [3.8, 4) is 5.75 Å². The summed E-state index contributed by atoms with van der Waals surface area (Å²) in [6, 6.07) is 11.5. The fourth-order valence-electron chi connectivity index (χ4n) is 2.85. The van der Waals surface area contributed by atoms with E-state index in [1.54, 1.807) is 24.3 Å². The minimum Gasteiger partial charge on any atom is -0.495 e. The molecule has 0 spiro atoms. The molecule has 0 aromatic heterocycles. The maximum Gasteiger partial charge on any atom is 0.255 e. The number of carbonyl (C=O) groups is 1. The zero-order chi connectivity index (χ0) is 19.4. The van der Waals surface area contributed by atoms with Gasteiger partial charge >= 0.3 is 0 Å². The van der Waals surface area contributed by atoms with Crippen LogP contribution in [0.2, 0.25) is 0 Å². The molecule has 27 heavy (non-hydrogen) atoms. The average molecular weight is 390 g/mol. The fourth-order valence-corrected chi connectivity index (χ4v) is 4.30. The first-order valence-corrected chi connectivity index (χ1v) is 10.00. The summed E-state index contributed by atoms with van der Waals surface area (Å²) in [5.74, 6) is 0.129. The number of nitrogens with one attached hydrogen (secondary N) is 1. The summed E-state index contributed by atoms with van der Waals surface area (Å²) in [6.07, 6.45) is 0. The van der Waals surface area contributed by atoms with Crippen molar-refractivity contribution in [3.63, 3.8) is 0 Å². The van der Waals surface area contributed by atoms with Gasteiger partial charge in [-0.3, -0.25) is 4.79 Å². The number of hydrogen-bond donors (Lipinski definition) is 1. The smallest absolute Gasteiger partial charge is 0.255 e. The second-order valence-electron chi connectivity index (χ2n) is 6.20. The minimum atomic E-state index is -3.66. The van der Waals surface area contributed by atoms with Gasteiger partial charge < -0.3 is 14.8 Å². The third-order valence-corrected chi connectivity index (χ3v) is 6.20. The molecule has 0 aliphatic carbocycles. The predicted octanol–water partition coefficient (Wildman–Crippen LogP) is 2.28. The highest BCUT2D eigenvalue weighted by molar-refractivity contribution is 7.89. The lowest BCUT2D eigenvalue weighted by atomic mass is 10.1. The number of sulfonamides is 1. The van der Waals surface area contributed by atoms with Gasteiger partial charge in [0.15, 0.2) is 0 Å². The van der Waals surface area contributed by atoms with Crippen LogP contribution >= 0.6 is 0 Å². The largest absolute Gasteiger partial charge is 0.495 e. The van der Waals surface area contributed by atoms with Crippen LogP contribution in [0.5, 0.6) is 5.75 Å². The minimum absolute atomic E-state index is 0.0910. The molecule has 144 valence electrons. The van der Waals surface area contributed by atoms with Crippen molar-refractivity contribution in [2.45, 2.75) is 11.8 Å². The number of rotatable bonds is 5. The number of amides is 1. The van der Waals surface area contributed by atoms with E-state index in [9.17, 15) is 13.2 Å². The number of aryl methyl sites for hydroxylation is 1. The lowest BCUT2D eigenvalue weighted by Gasteiger charge is -2.26. The maximum atomic E-state index is 12.8. The Morgan fingerprint density at radius 2 is 1.89 bits per heavy atom. The van der Waals surface area contributed by atoms with E-state index < -0.39 is 15.9 Å². The molecule has 1 aliphatic rings. The fraction of sp³-hybridized carbons (Fsp3) is 0.316. The molecule has 1 heterocycles. The van der Waals surface area contributed by atoms with Gasteiger partial charge in [-0.05, 0) is 42.8 Å². The van der Waals surface area contributed by atoms with Crippen LogP contribution in [-0.4, -0.2) is 52.0 Å². The second-order valence-corrected chi connectivity index (χ2v) is 8.14. The Bertz CT molecular complexity index is 937. The first-order chi connectivity index (χ1) is 12.9. The third kappa shape index (κ3) is 4.29. The summed E-state index contributed by atoms with van der Waals surface area (Å²) < 4.78 is 37.4. The van der Waals surface area contributed by atoms with Gasteiger partial charge in [0.2, 0.25) is 10.0 Å². The summed E-state index contributed by atoms with van der Waals surface area (Å²) in [6.45, 7) is 3.25. The van der Waals surface area contributed by atoms with Crippen LogP contribution in [0.4, 0.5) is 5.69 Å². The summed E-state index contributed by atoms with van der Waals surface area (Å²) in [7, 11) is -2.14. The Morgan fingerprint density at radius 3 is 2.59 bits per heavy atom. The molecule has 0 radical (unpaired) electrons. The highest BCUT2D eigenvalue weighted by Crippen LogP contribution is 2.26. The number of nitrogens with zero attached hydrogens (tertiary/aromatic N) is 1. The van der Waals surface area contributed by atoms with Crippen LogP contribution in [0.3, 0.4) is 0 Å². The van der Waals surface area contributed by atoms with E-state index in [1.807, 2.05) is 13.0 Å². The second kappa shape index (κ2) is 8.08. The van der Waals surface area contributed by atoms with Crippen molar-refractivity contribution in [2.24, 2.45) is 0 Å². The first kappa shape index (κ1) is 19.3. The van der Waals surface area contributed by atoms with Gasteiger partial charge in [0.1, 0.15) is 5.75 Å². The highest BCUT2D eigenvalue weighted by Gasteiger charge is 2.27. The van der Waals surface area contributed by atoms with Crippen LogP contribution in [0.1, 0.15) is 15.9 Å². The Balaban J connectivity index is 1.85. The third-order valence-electron chi connectivity index (χ3n) is 4.31. The zero-order valence-electron chi connectivity index (χ0n) is 15.3. The molecule has 0 unspecified atom stereocenters. The lowest BCUT2D eigenvalue weighted by Crippen LogP contribution is -2.40. The number of ether oxygens (including phenoxy) is 2. The molecule has 0 atom stereocenters. The number of methoxy groups -OCH3 is 1. The average Bonchev–Trinajstić information content (AvgIpc) is 2.69. The molecule has 1 amide bonds.